The maximum atomic E-state index is 12.1. The molecule has 0 aromatic carbocycles. The van der Waals surface area contributed by atoms with Gasteiger partial charge in [-0.05, 0) is 18.5 Å². The minimum atomic E-state index is -1.08. The Morgan fingerprint density at radius 3 is 2.72 bits per heavy atom. The lowest BCUT2D eigenvalue weighted by Gasteiger charge is -2.14. The van der Waals surface area contributed by atoms with Gasteiger partial charge < -0.3 is 10.0 Å². The molecule has 2 aromatic rings. The van der Waals surface area contributed by atoms with E-state index >= 15 is 0 Å². The van der Waals surface area contributed by atoms with Gasteiger partial charge >= 0.3 is 5.97 Å². The highest BCUT2D eigenvalue weighted by Crippen LogP contribution is 2.29. The highest BCUT2D eigenvalue weighted by atomic mass is 32.1. The number of carbonyl (C=O) groups is 2. The lowest BCUT2D eigenvalue weighted by molar-refractivity contribution is 0.0697. The fourth-order valence-electron chi connectivity index (χ4n) is 1.41. The number of hydrogen-bond donors (Lipinski definition) is 1. The van der Waals surface area contributed by atoms with Crippen LogP contribution in [0, 0.1) is 6.92 Å². The van der Waals surface area contributed by atoms with E-state index in [0.29, 0.717) is 15.6 Å². The van der Waals surface area contributed by atoms with E-state index in [0.717, 1.165) is 11.5 Å². The highest BCUT2D eigenvalue weighted by molar-refractivity contribution is 7.12. The highest BCUT2D eigenvalue weighted by Gasteiger charge is 2.25. The van der Waals surface area contributed by atoms with Gasteiger partial charge in [0.05, 0.1) is 17.4 Å². The molecule has 2 heterocycles. The van der Waals surface area contributed by atoms with E-state index in [1.165, 1.54) is 29.5 Å². The Bertz CT molecular complexity index is 592. The molecule has 18 heavy (non-hydrogen) atoms. The second-order valence-electron chi connectivity index (χ2n) is 3.48. The maximum Gasteiger partial charge on any atom is 0.340 e. The van der Waals surface area contributed by atoms with Gasteiger partial charge in [0.15, 0.2) is 0 Å². The first-order chi connectivity index (χ1) is 8.52. The van der Waals surface area contributed by atoms with Crippen LogP contribution in [0.3, 0.4) is 0 Å². The molecular weight excluding hydrogens is 274 g/mol. The van der Waals surface area contributed by atoms with Crippen LogP contribution in [-0.2, 0) is 0 Å². The maximum absolute atomic E-state index is 12.1. The zero-order chi connectivity index (χ0) is 13.3. The monoisotopic (exact) mass is 283 g/mol. The number of thiazole rings is 1. The first-order valence-corrected chi connectivity index (χ1v) is 6.53. The summed E-state index contributed by atoms with van der Waals surface area (Å²) in [5, 5.41) is 9.45. The number of hydrogen-bond acceptors (Lipinski definition) is 6. The van der Waals surface area contributed by atoms with Crippen LogP contribution < -0.4 is 4.90 Å². The van der Waals surface area contributed by atoms with Crippen LogP contribution in [0.4, 0.5) is 5.00 Å². The van der Waals surface area contributed by atoms with Crippen molar-refractivity contribution in [2.75, 3.05) is 11.9 Å². The van der Waals surface area contributed by atoms with Gasteiger partial charge in [-0.15, -0.1) is 11.3 Å². The molecule has 6 nitrogen and oxygen atoms in total. The molecule has 0 saturated heterocycles. The number of aryl methyl sites for hydroxylation is 1. The van der Waals surface area contributed by atoms with E-state index in [2.05, 4.69) is 9.36 Å². The average Bonchev–Trinajstić information content (AvgIpc) is 2.95. The zero-order valence-corrected chi connectivity index (χ0v) is 11.2. The molecule has 8 heteroatoms. The molecule has 0 saturated carbocycles. The summed E-state index contributed by atoms with van der Waals surface area (Å²) >= 11 is 2.21. The van der Waals surface area contributed by atoms with Crippen molar-refractivity contribution in [1.82, 2.24) is 9.36 Å². The van der Waals surface area contributed by atoms with Crippen molar-refractivity contribution in [2.24, 2.45) is 0 Å². The lowest BCUT2D eigenvalue weighted by Crippen LogP contribution is -2.26. The Labute approximate surface area is 111 Å². The molecule has 0 aliphatic heterocycles. The molecule has 2 aromatic heterocycles. The summed E-state index contributed by atoms with van der Waals surface area (Å²) in [5.74, 6) is -1.37. The minimum Gasteiger partial charge on any atom is -0.478 e. The molecule has 0 unspecified atom stereocenters. The van der Waals surface area contributed by atoms with Gasteiger partial charge in [-0.1, -0.05) is 0 Å². The summed E-state index contributed by atoms with van der Waals surface area (Å²) in [6, 6.07) is 0. The molecule has 2 rings (SSSR count). The summed E-state index contributed by atoms with van der Waals surface area (Å²) < 4.78 is 3.98. The quantitative estimate of drug-likeness (QED) is 0.929. The predicted octanol–water partition coefficient (Wildman–Crippen LogP) is 1.88. The normalized spacial score (nSPS) is 10.3. The summed E-state index contributed by atoms with van der Waals surface area (Å²) in [6.45, 7) is 1.61. The average molecular weight is 283 g/mol. The van der Waals surface area contributed by atoms with Crippen molar-refractivity contribution < 1.29 is 14.7 Å². The SMILES string of the molecule is Cc1nsc(N(C)C(=O)c2cncs2)c1C(=O)O. The first kappa shape index (κ1) is 12.7. The number of anilines is 1. The Balaban J connectivity index is 2.38. The Morgan fingerprint density at radius 2 is 2.17 bits per heavy atom. The van der Waals surface area contributed by atoms with Gasteiger partial charge in [-0.25, -0.2) is 4.79 Å². The number of rotatable bonds is 3. The van der Waals surface area contributed by atoms with Crippen molar-refractivity contribution in [1.29, 1.82) is 0 Å². The van der Waals surface area contributed by atoms with E-state index in [9.17, 15) is 9.59 Å². The smallest absolute Gasteiger partial charge is 0.340 e. The van der Waals surface area contributed by atoms with E-state index in [-0.39, 0.29) is 11.5 Å². The van der Waals surface area contributed by atoms with Crippen molar-refractivity contribution in [2.45, 2.75) is 6.92 Å². The van der Waals surface area contributed by atoms with Gasteiger partial charge in [0.1, 0.15) is 15.4 Å². The van der Waals surface area contributed by atoms with Crippen molar-refractivity contribution >= 4 is 39.7 Å². The molecule has 0 radical (unpaired) electrons. The number of carboxylic acids is 1. The minimum absolute atomic E-state index is 0.0698. The number of nitrogens with zero attached hydrogens (tertiary/aromatic N) is 3. The van der Waals surface area contributed by atoms with E-state index in [1.54, 1.807) is 12.4 Å². The number of amides is 1. The van der Waals surface area contributed by atoms with Crippen LogP contribution in [0.2, 0.25) is 0 Å². The van der Waals surface area contributed by atoms with Crippen molar-refractivity contribution in [3.05, 3.63) is 27.8 Å². The fourth-order valence-corrected chi connectivity index (χ4v) is 2.85. The Morgan fingerprint density at radius 1 is 1.44 bits per heavy atom. The third kappa shape index (κ3) is 2.12. The molecule has 0 bridgehead atoms. The zero-order valence-electron chi connectivity index (χ0n) is 9.58. The van der Waals surface area contributed by atoms with Crippen molar-refractivity contribution in [3.63, 3.8) is 0 Å². The van der Waals surface area contributed by atoms with Gasteiger partial charge in [-0.3, -0.25) is 9.78 Å². The standard InChI is InChI=1S/C10H9N3O3S2/c1-5-7(10(15)16)9(18-12-5)13(2)8(14)6-3-11-4-17-6/h3-4H,1-2H3,(H,15,16). The molecule has 1 N–H and O–H groups in total. The van der Waals surface area contributed by atoms with E-state index in [1.807, 2.05) is 0 Å². The van der Waals surface area contributed by atoms with Gasteiger partial charge in [-0.2, -0.15) is 4.37 Å². The third-order valence-corrected chi connectivity index (χ3v) is 4.09. The Kier molecular flexibility index (Phi) is 3.39. The second kappa shape index (κ2) is 4.83. The van der Waals surface area contributed by atoms with Crippen molar-refractivity contribution in [3.8, 4) is 0 Å². The van der Waals surface area contributed by atoms with Crippen LogP contribution in [0.25, 0.3) is 0 Å². The summed E-state index contributed by atoms with van der Waals surface area (Å²) in [7, 11) is 1.53. The topological polar surface area (TPSA) is 83.4 Å². The number of carboxylic acid groups (broad SMARTS) is 1. The largest absolute Gasteiger partial charge is 0.478 e. The predicted molar refractivity (Wildman–Crippen MR) is 68.7 cm³/mol. The Hall–Kier alpha value is -1.80. The number of aromatic carboxylic acids is 1. The number of carbonyl (C=O) groups excluding carboxylic acids is 1. The van der Waals surface area contributed by atoms with Gasteiger partial charge in [0.25, 0.3) is 5.91 Å². The fraction of sp³-hybridized carbons (Fsp3) is 0.200. The molecule has 0 spiro atoms. The van der Waals surface area contributed by atoms with Crippen LogP contribution in [0.5, 0.6) is 0 Å². The van der Waals surface area contributed by atoms with Crippen LogP contribution in [-0.4, -0.2) is 33.4 Å². The summed E-state index contributed by atoms with van der Waals surface area (Å²) in [6.07, 6.45) is 1.46. The van der Waals surface area contributed by atoms with Crippen LogP contribution in [0.15, 0.2) is 11.7 Å². The summed E-state index contributed by atoms with van der Waals surface area (Å²) in [5.41, 5.74) is 2.03. The van der Waals surface area contributed by atoms with Crippen LogP contribution >= 0.6 is 22.9 Å². The molecule has 0 aliphatic carbocycles. The second-order valence-corrected chi connectivity index (χ2v) is 5.12. The first-order valence-electron chi connectivity index (χ1n) is 4.88. The number of aromatic nitrogens is 2. The molecule has 1 amide bonds. The molecule has 94 valence electrons. The van der Waals surface area contributed by atoms with Crippen LogP contribution in [0.1, 0.15) is 25.7 Å². The third-order valence-electron chi connectivity index (χ3n) is 2.31. The van der Waals surface area contributed by atoms with Gasteiger partial charge in [0.2, 0.25) is 0 Å². The molecular formula is C10H9N3O3S2. The molecule has 0 atom stereocenters. The van der Waals surface area contributed by atoms with E-state index in [4.69, 9.17) is 5.11 Å². The van der Waals surface area contributed by atoms with Gasteiger partial charge in [0, 0.05) is 7.05 Å². The molecule has 0 fully saturated rings. The molecule has 0 aliphatic rings. The van der Waals surface area contributed by atoms with E-state index < -0.39 is 5.97 Å². The summed E-state index contributed by atoms with van der Waals surface area (Å²) in [4.78, 5) is 28.8. The lowest BCUT2D eigenvalue weighted by atomic mass is 10.2.